The maximum Gasteiger partial charge on any atom is -0.0323 e. The summed E-state index contributed by atoms with van der Waals surface area (Å²) >= 11 is 0. The molecular formula is C15H28. The molecule has 2 aliphatic carbocycles. The van der Waals surface area contributed by atoms with Gasteiger partial charge in [-0.2, -0.15) is 0 Å². The molecule has 0 heteroatoms. The monoisotopic (exact) mass is 208 g/mol. The molecule has 0 aromatic carbocycles. The van der Waals surface area contributed by atoms with Gasteiger partial charge in [-0.25, -0.2) is 0 Å². The third kappa shape index (κ3) is 2.40. The van der Waals surface area contributed by atoms with E-state index in [2.05, 4.69) is 20.8 Å². The Morgan fingerprint density at radius 2 is 1.53 bits per heavy atom. The van der Waals surface area contributed by atoms with Gasteiger partial charge in [0.2, 0.25) is 0 Å². The minimum Gasteiger partial charge on any atom is -0.0622 e. The Bertz CT molecular complexity index is 204. The van der Waals surface area contributed by atoms with Gasteiger partial charge in [-0.1, -0.05) is 52.9 Å². The molecule has 0 radical (unpaired) electrons. The van der Waals surface area contributed by atoms with Gasteiger partial charge in [-0.15, -0.1) is 0 Å². The maximum absolute atomic E-state index is 2.53. The van der Waals surface area contributed by atoms with Crippen molar-refractivity contribution in [2.75, 3.05) is 0 Å². The molecule has 0 spiro atoms. The molecule has 15 heavy (non-hydrogen) atoms. The summed E-state index contributed by atoms with van der Waals surface area (Å²) < 4.78 is 0. The Labute approximate surface area is 95.8 Å². The minimum absolute atomic E-state index is 0.633. The van der Waals surface area contributed by atoms with Crippen molar-refractivity contribution in [3.05, 3.63) is 0 Å². The van der Waals surface area contributed by atoms with Gasteiger partial charge in [0.25, 0.3) is 0 Å². The molecule has 0 N–H and O–H groups in total. The van der Waals surface area contributed by atoms with Gasteiger partial charge in [-0.3, -0.25) is 0 Å². The maximum atomic E-state index is 2.53. The Morgan fingerprint density at radius 3 is 2.20 bits per heavy atom. The van der Waals surface area contributed by atoms with E-state index in [1.807, 2.05) is 0 Å². The first-order chi connectivity index (χ1) is 7.11. The molecule has 2 saturated carbocycles. The number of hydrogen-bond donors (Lipinski definition) is 0. The van der Waals surface area contributed by atoms with Crippen molar-refractivity contribution in [1.29, 1.82) is 0 Å². The number of rotatable bonds is 1. The average Bonchev–Trinajstić information content (AvgIpc) is 2.19. The standard InChI is InChI=1S/C15H28/c1-12-8-4-5-9-13(12)14-10-6-7-11-15(14,2)3/h12-14H,4-11H2,1-3H3. The molecule has 0 aromatic heterocycles. The van der Waals surface area contributed by atoms with Crippen LogP contribution in [0.3, 0.4) is 0 Å². The summed E-state index contributed by atoms with van der Waals surface area (Å²) in [5.74, 6) is 3.08. The fourth-order valence-electron chi connectivity index (χ4n) is 4.26. The fraction of sp³-hybridized carbons (Fsp3) is 1.00. The van der Waals surface area contributed by atoms with E-state index in [1.165, 1.54) is 51.4 Å². The van der Waals surface area contributed by atoms with Crippen LogP contribution >= 0.6 is 0 Å². The van der Waals surface area contributed by atoms with Crippen molar-refractivity contribution in [1.82, 2.24) is 0 Å². The first kappa shape index (κ1) is 11.5. The molecule has 0 nitrogen and oxygen atoms in total. The van der Waals surface area contributed by atoms with Crippen molar-refractivity contribution in [3.63, 3.8) is 0 Å². The minimum atomic E-state index is 0.633. The van der Waals surface area contributed by atoms with E-state index < -0.39 is 0 Å². The Hall–Kier alpha value is 0. The second-order valence-corrected chi connectivity index (χ2v) is 6.77. The lowest BCUT2D eigenvalue weighted by Crippen LogP contribution is -2.37. The molecule has 0 heterocycles. The highest BCUT2D eigenvalue weighted by Crippen LogP contribution is 2.49. The fourth-order valence-corrected chi connectivity index (χ4v) is 4.26. The lowest BCUT2D eigenvalue weighted by Gasteiger charge is -2.47. The van der Waals surface area contributed by atoms with Crippen molar-refractivity contribution < 1.29 is 0 Å². The highest BCUT2D eigenvalue weighted by atomic mass is 14.4. The lowest BCUT2D eigenvalue weighted by molar-refractivity contribution is 0.0349. The molecule has 0 aliphatic heterocycles. The van der Waals surface area contributed by atoms with Crippen molar-refractivity contribution >= 4 is 0 Å². The lowest BCUT2D eigenvalue weighted by atomic mass is 9.59. The summed E-state index contributed by atoms with van der Waals surface area (Å²) in [4.78, 5) is 0. The van der Waals surface area contributed by atoms with E-state index in [-0.39, 0.29) is 0 Å². The highest BCUT2D eigenvalue weighted by molar-refractivity contribution is 4.90. The van der Waals surface area contributed by atoms with Gasteiger partial charge in [0.05, 0.1) is 0 Å². The van der Waals surface area contributed by atoms with Crippen LogP contribution in [0.15, 0.2) is 0 Å². The molecule has 0 bridgehead atoms. The second kappa shape index (κ2) is 4.47. The first-order valence-corrected chi connectivity index (χ1v) is 7.11. The van der Waals surface area contributed by atoms with Crippen LogP contribution < -0.4 is 0 Å². The topological polar surface area (TPSA) is 0 Å². The zero-order valence-corrected chi connectivity index (χ0v) is 10.9. The summed E-state index contributed by atoms with van der Waals surface area (Å²) in [7, 11) is 0. The van der Waals surface area contributed by atoms with E-state index in [0.29, 0.717) is 5.41 Å². The molecule has 0 saturated heterocycles. The molecule has 0 amide bonds. The van der Waals surface area contributed by atoms with Gasteiger partial charge < -0.3 is 0 Å². The van der Waals surface area contributed by atoms with Crippen LogP contribution in [0.1, 0.15) is 72.1 Å². The second-order valence-electron chi connectivity index (χ2n) is 6.77. The molecule has 3 unspecified atom stereocenters. The van der Waals surface area contributed by atoms with E-state index in [0.717, 1.165) is 17.8 Å². The normalized spacial score (nSPS) is 41.4. The van der Waals surface area contributed by atoms with Gasteiger partial charge in [0.15, 0.2) is 0 Å². The van der Waals surface area contributed by atoms with E-state index in [4.69, 9.17) is 0 Å². The molecule has 3 atom stereocenters. The summed E-state index contributed by atoms with van der Waals surface area (Å²) in [6.45, 7) is 7.56. The molecule has 88 valence electrons. The summed E-state index contributed by atoms with van der Waals surface area (Å²) in [5.41, 5.74) is 0.633. The van der Waals surface area contributed by atoms with Crippen molar-refractivity contribution in [2.45, 2.75) is 72.1 Å². The summed E-state index contributed by atoms with van der Waals surface area (Å²) in [6.07, 6.45) is 12.0. The van der Waals surface area contributed by atoms with Crippen LogP contribution in [0.5, 0.6) is 0 Å². The molecule has 2 rings (SSSR count). The van der Waals surface area contributed by atoms with Crippen LogP contribution in [0.25, 0.3) is 0 Å². The largest absolute Gasteiger partial charge is 0.0622 e. The molecule has 2 aliphatic rings. The van der Waals surface area contributed by atoms with Crippen LogP contribution in [-0.2, 0) is 0 Å². The van der Waals surface area contributed by atoms with Crippen LogP contribution in [-0.4, -0.2) is 0 Å². The third-order valence-corrected chi connectivity index (χ3v) is 5.28. The van der Waals surface area contributed by atoms with Crippen LogP contribution in [0, 0.1) is 23.2 Å². The van der Waals surface area contributed by atoms with Gasteiger partial charge in [0.1, 0.15) is 0 Å². The van der Waals surface area contributed by atoms with Crippen molar-refractivity contribution in [2.24, 2.45) is 23.2 Å². The van der Waals surface area contributed by atoms with Gasteiger partial charge in [-0.05, 0) is 42.4 Å². The van der Waals surface area contributed by atoms with E-state index in [1.54, 1.807) is 0 Å². The molecule has 2 fully saturated rings. The van der Waals surface area contributed by atoms with E-state index >= 15 is 0 Å². The quantitative estimate of drug-likeness (QED) is 0.567. The third-order valence-electron chi connectivity index (χ3n) is 5.28. The zero-order chi connectivity index (χ0) is 10.9. The zero-order valence-electron chi connectivity index (χ0n) is 10.9. The Morgan fingerprint density at radius 1 is 0.867 bits per heavy atom. The van der Waals surface area contributed by atoms with E-state index in [9.17, 15) is 0 Å². The Kier molecular flexibility index (Phi) is 3.42. The first-order valence-electron chi connectivity index (χ1n) is 7.11. The highest BCUT2D eigenvalue weighted by Gasteiger charge is 2.39. The Balaban J connectivity index is 2.06. The summed E-state index contributed by atoms with van der Waals surface area (Å²) in [5, 5.41) is 0. The van der Waals surface area contributed by atoms with Crippen LogP contribution in [0.2, 0.25) is 0 Å². The molecular weight excluding hydrogens is 180 g/mol. The predicted octanol–water partition coefficient (Wildman–Crippen LogP) is 5.03. The average molecular weight is 208 g/mol. The smallest absolute Gasteiger partial charge is 0.0323 e. The summed E-state index contributed by atoms with van der Waals surface area (Å²) in [6, 6.07) is 0. The predicted molar refractivity (Wildman–Crippen MR) is 66.9 cm³/mol. The van der Waals surface area contributed by atoms with Crippen molar-refractivity contribution in [3.8, 4) is 0 Å². The molecule has 0 aromatic rings. The van der Waals surface area contributed by atoms with Gasteiger partial charge >= 0.3 is 0 Å². The number of hydrogen-bond acceptors (Lipinski definition) is 0. The SMILES string of the molecule is CC1CCCCC1C1CCCCC1(C)C. The van der Waals surface area contributed by atoms with Crippen LogP contribution in [0.4, 0.5) is 0 Å². The van der Waals surface area contributed by atoms with Gasteiger partial charge in [0, 0.05) is 0 Å².